The lowest BCUT2D eigenvalue weighted by Crippen LogP contribution is -2.24. The SMILES string of the molecule is Cc1ccc(N)cc1C(=O)NCc1ncc[nH]1. The van der Waals surface area contributed by atoms with Crippen LogP contribution in [0.25, 0.3) is 0 Å². The number of benzene rings is 1. The maximum atomic E-state index is 11.9. The Hall–Kier alpha value is -2.30. The van der Waals surface area contributed by atoms with Crippen LogP contribution in [0.4, 0.5) is 5.69 Å². The molecule has 0 fully saturated rings. The van der Waals surface area contributed by atoms with Gasteiger partial charge in [0.2, 0.25) is 0 Å². The van der Waals surface area contributed by atoms with Crippen molar-refractivity contribution in [1.82, 2.24) is 15.3 Å². The number of anilines is 1. The normalized spacial score (nSPS) is 10.2. The molecule has 5 nitrogen and oxygen atoms in total. The van der Waals surface area contributed by atoms with Crippen molar-refractivity contribution < 1.29 is 4.79 Å². The maximum absolute atomic E-state index is 11.9. The number of nitrogen functional groups attached to an aromatic ring is 1. The number of aromatic amines is 1. The quantitative estimate of drug-likeness (QED) is 0.693. The van der Waals surface area contributed by atoms with E-state index in [1.165, 1.54) is 0 Å². The van der Waals surface area contributed by atoms with Gasteiger partial charge in [-0.05, 0) is 24.6 Å². The first-order valence-electron chi connectivity index (χ1n) is 5.29. The summed E-state index contributed by atoms with van der Waals surface area (Å²) in [7, 11) is 0. The van der Waals surface area contributed by atoms with Gasteiger partial charge in [0, 0.05) is 23.6 Å². The van der Waals surface area contributed by atoms with Gasteiger partial charge >= 0.3 is 0 Å². The van der Waals surface area contributed by atoms with Gasteiger partial charge in [-0.25, -0.2) is 4.98 Å². The number of rotatable bonds is 3. The number of amides is 1. The van der Waals surface area contributed by atoms with Gasteiger partial charge in [-0.3, -0.25) is 4.79 Å². The molecule has 0 atom stereocenters. The second-order valence-electron chi connectivity index (χ2n) is 3.79. The van der Waals surface area contributed by atoms with Crippen LogP contribution in [-0.2, 0) is 6.54 Å². The third kappa shape index (κ3) is 2.63. The predicted molar refractivity (Wildman–Crippen MR) is 65.3 cm³/mol. The van der Waals surface area contributed by atoms with Crippen LogP contribution in [0.5, 0.6) is 0 Å². The van der Waals surface area contributed by atoms with Gasteiger partial charge in [0.1, 0.15) is 5.82 Å². The summed E-state index contributed by atoms with van der Waals surface area (Å²) in [5, 5.41) is 2.78. The Morgan fingerprint density at radius 2 is 2.35 bits per heavy atom. The van der Waals surface area contributed by atoms with Crippen LogP contribution in [0.2, 0.25) is 0 Å². The minimum atomic E-state index is -0.147. The van der Waals surface area contributed by atoms with Crippen LogP contribution in [0.15, 0.2) is 30.6 Å². The summed E-state index contributed by atoms with van der Waals surface area (Å²) < 4.78 is 0. The van der Waals surface area contributed by atoms with Gasteiger partial charge in [-0.2, -0.15) is 0 Å². The number of aryl methyl sites for hydroxylation is 1. The molecule has 1 heterocycles. The number of nitrogens with one attached hydrogen (secondary N) is 2. The highest BCUT2D eigenvalue weighted by Crippen LogP contribution is 2.12. The van der Waals surface area contributed by atoms with Crippen molar-refractivity contribution in [3.8, 4) is 0 Å². The van der Waals surface area contributed by atoms with Crippen LogP contribution >= 0.6 is 0 Å². The number of nitrogens with two attached hydrogens (primary N) is 1. The topological polar surface area (TPSA) is 83.8 Å². The lowest BCUT2D eigenvalue weighted by Gasteiger charge is -2.07. The Morgan fingerprint density at radius 1 is 1.53 bits per heavy atom. The Morgan fingerprint density at radius 3 is 3.06 bits per heavy atom. The second-order valence-corrected chi connectivity index (χ2v) is 3.79. The minimum absolute atomic E-state index is 0.147. The smallest absolute Gasteiger partial charge is 0.251 e. The van der Waals surface area contributed by atoms with Crippen LogP contribution in [0, 0.1) is 6.92 Å². The fourth-order valence-electron chi connectivity index (χ4n) is 1.54. The lowest BCUT2D eigenvalue weighted by atomic mass is 10.1. The standard InChI is InChI=1S/C12H14N4O/c1-8-2-3-9(13)6-10(8)12(17)16-7-11-14-4-5-15-11/h2-6H,7,13H2,1H3,(H,14,15)(H,16,17). The Bertz CT molecular complexity index is 519. The van der Waals surface area contributed by atoms with Crippen molar-refractivity contribution in [1.29, 1.82) is 0 Å². The molecule has 0 saturated heterocycles. The summed E-state index contributed by atoms with van der Waals surface area (Å²) in [4.78, 5) is 18.9. The van der Waals surface area contributed by atoms with E-state index in [0.29, 0.717) is 17.8 Å². The van der Waals surface area contributed by atoms with Crippen LogP contribution in [0.3, 0.4) is 0 Å². The van der Waals surface area contributed by atoms with Crippen molar-refractivity contribution in [2.45, 2.75) is 13.5 Å². The molecule has 5 heteroatoms. The van der Waals surface area contributed by atoms with E-state index in [1.807, 2.05) is 13.0 Å². The van der Waals surface area contributed by atoms with E-state index in [0.717, 1.165) is 11.4 Å². The molecular weight excluding hydrogens is 216 g/mol. The van der Waals surface area contributed by atoms with E-state index in [1.54, 1.807) is 24.5 Å². The van der Waals surface area contributed by atoms with E-state index in [2.05, 4.69) is 15.3 Å². The second kappa shape index (κ2) is 4.69. The number of carbonyl (C=O) groups excluding carboxylic acids is 1. The molecule has 4 N–H and O–H groups in total. The highest BCUT2D eigenvalue weighted by atomic mass is 16.1. The van der Waals surface area contributed by atoms with Crippen LogP contribution < -0.4 is 11.1 Å². The fraction of sp³-hybridized carbons (Fsp3) is 0.167. The van der Waals surface area contributed by atoms with Gasteiger partial charge in [0.25, 0.3) is 5.91 Å². The predicted octanol–water partition coefficient (Wildman–Crippen LogP) is 1.23. The molecule has 0 aliphatic heterocycles. The zero-order valence-corrected chi connectivity index (χ0v) is 9.53. The highest BCUT2D eigenvalue weighted by molar-refractivity contribution is 5.96. The van der Waals surface area contributed by atoms with Gasteiger partial charge in [0.05, 0.1) is 6.54 Å². The van der Waals surface area contributed by atoms with Crippen molar-refractivity contribution in [3.05, 3.63) is 47.5 Å². The van der Waals surface area contributed by atoms with Crippen molar-refractivity contribution in [2.24, 2.45) is 0 Å². The van der Waals surface area contributed by atoms with E-state index in [-0.39, 0.29) is 5.91 Å². The van der Waals surface area contributed by atoms with Gasteiger partial charge in [-0.1, -0.05) is 6.07 Å². The average molecular weight is 230 g/mol. The molecule has 1 aromatic heterocycles. The number of hydrogen-bond donors (Lipinski definition) is 3. The summed E-state index contributed by atoms with van der Waals surface area (Å²) in [6.07, 6.45) is 3.36. The number of nitrogens with zero attached hydrogens (tertiary/aromatic N) is 1. The molecule has 1 aromatic carbocycles. The first-order chi connectivity index (χ1) is 8.16. The van der Waals surface area contributed by atoms with Crippen molar-refractivity contribution in [2.75, 3.05) is 5.73 Å². The summed E-state index contributed by atoms with van der Waals surface area (Å²) in [6.45, 7) is 2.25. The van der Waals surface area contributed by atoms with E-state index in [9.17, 15) is 4.79 Å². The molecule has 17 heavy (non-hydrogen) atoms. The first kappa shape index (κ1) is 11.2. The number of hydrogen-bond acceptors (Lipinski definition) is 3. The lowest BCUT2D eigenvalue weighted by molar-refractivity contribution is 0.0949. The number of H-pyrrole nitrogens is 1. The van der Waals surface area contributed by atoms with Gasteiger partial charge in [-0.15, -0.1) is 0 Å². The van der Waals surface area contributed by atoms with Crippen molar-refractivity contribution >= 4 is 11.6 Å². The molecule has 0 spiro atoms. The maximum Gasteiger partial charge on any atom is 0.251 e. The molecule has 2 rings (SSSR count). The molecule has 0 radical (unpaired) electrons. The first-order valence-corrected chi connectivity index (χ1v) is 5.29. The number of carbonyl (C=O) groups is 1. The Kier molecular flexibility index (Phi) is 3.09. The van der Waals surface area contributed by atoms with E-state index < -0.39 is 0 Å². The molecule has 0 bridgehead atoms. The summed E-state index contributed by atoms with van der Waals surface area (Å²) in [5.41, 5.74) is 7.73. The Balaban J connectivity index is 2.07. The van der Waals surface area contributed by atoms with E-state index >= 15 is 0 Å². The minimum Gasteiger partial charge on any atom is -0.399 e. The molecule has 2 aromatic rings. The summed E-state index contributed by atoms with van der Waals surface area (Å²) in [5.74, 6) is 0.575. The molecule has 0 saturated carbocycles. The largest absolute Gasteiger partial charge is 0.399 e. The van der Waals surface area contributed by atoms with E-state index in [4.69, 9.17) is 5.73 Å². The highest BCUT2D eigenvalue weighted by Gasteiger charge is 2.09. The average Bonchev–Trinajstić information content (AvgIpc) is 2.82. The van der Waals surface area contributed by atoms with Crippen LogP contribution in [0.1, 0.15) is 21.7 Å². The molecule has 0 aliphatic carbocycles. The molecule has 88 valence electrons. The zero-order chi connectivity index (χ0) is 12.3. The van der Waals surface area contributed by atoms with Gasteiger partial charge < -0.3 is 16.0 Å². The zero-order valence-electron chi connectivity index (χ0n) is 9.53. The monoisotopic (exact) mass is 230 g/mol. The fourth-order valence-corrected chi connectivity index (χ4v) is 1.54. The summed E-state index contributed by atoms with van der Waals surface area (Å²) >= 11 is 0. The van der Waals surface area contributed by atoms with Gasteiger partial charge in [0.15, 0.2) is 0 Å². The number of aromatic nitrogens is 2. The summed E-state index contributed by atoms with van der Waals surface area (Å²) in [6, 6.07) is 5.28. The molecule has 0 unspecified atom stereocenters. The molecule has 0 aliphatic rings. The third-order valence-electron chi connectivity index (χ3n) is 2.48. The van der Waals surface area contributed by atoms with Crippen molar-refractivity contribution in [3.63, 3.8) is 0 Å². The van der Waals surface area contributed by atoms with Crippen LogP contribution in [-0.4, -0.2) is 15.9 Å². The Labute approximate surface area is 99.1 Å². The third-order valence-corrected chi connectivity index (χ3v) is 2.48. The molecule has 1 amide bonds. The molecular formula is C12H14N4O. The number of imidazole rings is 1.